The van der Waals surface area contributed by atoms with E-state index in [1.165, 1.54) is 37.4 Å². The van der Waals surface area contributed by atoms with Crippen LogP contribution in [-0.2, 0) is 6.42 Å². The first-order chi connectivity index (χ1) is 9.52. The minimum absolute atomic E-state index is 0.0927. The normalized spacial score (nSPS) is 10.4. The molecule has 0 radical (unpaired) electrons. The van der Waals surface area contributed by atoms with E-state index in [2.05, 4.69) is 0 Å². The highest BCUT2D eigenvalue weighted by molar-refractivity contribution is 6.31. The van der Waals surface area contributed by atoms with Crippen LogP contribution in [0, 0.1) is 11.6 Å². The molecule has 0 heterocycles. The molecular formula is C15H11ClF2O2. The standard InChI is InChI=1S/C15H11ClF2O2/c1-20-14-6-5-9(7-12(14)17)8-13(19)10-3-2-4-11(16)15(10)18/h2-7H,8H2,1H3. The molecule has 2 aromatic carbocycles. The van der Waals surface area contributed by atoms with E-state index in [1.807, 2.05) is 0 Å². The molecule has 104 valence electrons. The Balaban J connectivity index is 2.24. The third kappa shape index (κ3) is 2.96. The number of Topliss-reactive ketones (excluding diaryl/α,β-unsaturated/α-hetero) is 1. The second-order valence-corrected chi connectivity index (χ2v) is 4.58. The molecule has 0 fully saturated rings. The molecule has 0 saturated heterocycles. The quantitative estimate of drug-likeness (QED) is 0.796. The highest BCUT2D eigenvalue weighted by Crippen LogP contribution is 2.21. The molecule has 5 heteroatoms. The van der Waals surface area contributed by atoms with Gasteiger partial charge in [-0.15, -0.1) is 0 Å². The number of halogens is 3. The maximum Gasteiger partial charge on any atom is 0.170 e. The van der Waals surface area contributed by atoms with Crippen molar-refractivity contribution < 1.29 is 18.3 Å². The van der Waals surface area contributed by atoms with Crippen molar-refractivity contribution in [3.05, 3.63) is 64.2 Å². The van der Waals surface area contributed by atoms with Gasteiger partial charge in [-0.25, -0.2) is 8.78 Å². The summed E-state index contributed by atoms with van der Waals surface area (Å²) in [4.78, 5) is 12.0. The molecule has 0 atom stereocenters. The van der Waals surface area contributed by atoms with Gasteiger partial charge in [0.2, 0.25) is 0 Å². The summed E-state index contributed by atoms with van der Waals surface area (Å²) in [5.74, 6) is -1.69. The molecule has 2 nitrogen and oxygen atoms in total. The second kappa shape index (κ2) is 6.01. The number of benzene rings is 2. The van der Waals surface area contributed by atoms with E-state index in [-0.39, 0.29) is 22.8 Å². The minimum atomic E-state index is -0.756. The Bertz CT molecular complexity index is 656. The zero-order valence-electron chi connectivity index (χ0n) is 10.6. The maximum absolute atomic E-state index is 13.7. The number of methoxy groups -OCH3 is 1. The number of hydrogen-bond acceptors (Lipinski definition) is 2. The van der Waals surface area contributed by atoms with E-state index in [1.54, 1.807) is 6.07 Å². The van der Waals surface area contributed by atoms with Gasteiger partial charge in [-0.05, 0) is 29.8 Å². The molecule has 0 bridgehead atoms. The van der Waals surface area contributed by atoms with Gasteiger partial charge in [0.05, 0.1) is 17.7 Å². The van der Waals surface area contributed by atoms with Crippen LogP contribution < -0.4 is 4.74 Å². The number of carbonyl (C=O) groups excluding carboxylic acids is 1. The molecular weight excluding hydrogens is 286 g/mol. The van der Waals surface area contributed by atoms with Gasteiger partial charge in [-0.3, -0.25) is 4.79 Å². The van der Waals surface area contributed by atoms with Crippen LogP contribution in [0.3, 0.4) is 0 Å². The van der Waals surface area contributed by atoms with Crippen molar-refractivity contribution in [1.29, 1.82) is 0 Å². The summed E-state index contributed by atoms with van der Waals surface area (Å²) < 4.78 is 32.0. The van der Waals surface area contributed by atoms with Crippen molar-refractivity contribution >= 4 is 17.4 Å². The highest BCUT2D eigenvalue weighted by atomic mass is 35.5. The van der Waals surface area contributed by atoms with Gasteiger partial charge in [0.15, 0.2) is 23.2 Å². The van der Waals surface area contributed by atoms with Crippen LogP contribution in [0.1, 0.15) is 15.9 Å². The summed E-state index contributed by atoms with van der Waals surface area (Å²) in [6.45, 7) is 0. The smallest absolute Gasteiger partial charge is 0.170 e. The number of hydrogen-bond donors (Lipinski definition) is 0. The van der Waals surface area contributed by atoms with E-state index >= 15 is 0 Å². The summed E-state index contributed by atoms with van der Waals surface area (Å²) >= 11 is 5.62. The maximum atomic E-state index is 13.7. The third-order valence-corrected chi connectivity index (χ3v) is 3.12. The van der Waals surface area contributed by atoms with Crippen LogP contribution in [0.5, 0.6) is 5.75 Å². The highest BCUT2D eigenvalue weighted by Gasteiger charge is 2.15. The van der Waals surface area contributed by atoms with E-state index in [0.29, 0.717) is 5.56 Å². The predicted molar refractivity (Wildman–Crippen MR) is 72.4 cm³/mol. The molecule has 20 heavy (non-hydrogen) atoms. The second-order valence-electron chi connectivity index (χ2n) is 4.17. The Morgan fingerprint density at radius 2 is 2.00 bits per heavy atom. The van der Waals surface area contributed by atoms with Crippen LogP contribution in [-0.4, -0.2) is 12.9 Å². The molecule has 0 aliphatic heterocycles. The number of ether oxygens (including phenoxy) is 1. The average molecular weight is 297 g/mol. The fraction of sp³-hybridized carbons (Fsp3) is 0.133. The van der Waals surface area contributed by atoms with Gasteiger partial charge in [0.1, 0.15) is 0 Å². The lowest BCUT2D eigenvalue weighted by Crippen LogP contribution is -2.07. The summed E-state index contributed by atoms with van der Waals surface area (Å²) in [5.41, 5.74) is 0.335. The number of carbonyl (C=O) groups is 1. The number of rotatable bonds is 4. The number of ketones is 1. The SMILES string of the molecule is COc1ccc(CC(=O)c2cccc(Cl)c2F)cc1F. The molecule has 0 unspecified atom stereocenters. The molecule has 2 rings (SSSR count). The van der Waals surface area contributed by atoms with Crippen molar-refractivity contribution in [2.45, 2.75) is 6.42 Å². The molecule has 0 saturated carbocycles. The first-order valence-corrected chi connectivity index (χ1v) is 6.20. The van der Waals surface area contributed by atoms with E-state index in [4.69, 9.17) is 16.3 Å². The van der Waals surface area contributed by atoms with Gasteiger partial charge in [-0.2, -0.15) is 0 Å². The molecule has 0 N–H and O–H groups in total. The summed E-state index contributed by atoms with van der Waals surface area (Å²) in [6.07, 6.45) is -0.113. The fourth-order valence-corrected chi connectivity index (χ4v) is 1.99. The molecule has 0 spiro atoms. The minimum Gasteiger partial charge on any atom is -0.494 e. The Labute approximate surface area is 119 Å². The molecule has 0 amide bonds. The van der Waals surface area contributed by atoms with Crippen LogP contribution in [0.4, 0.5) is 8.78 Å². The summed E-state index contributed by atoms with van der Waals surface area (Å²) in [5, 5.41) is -0.114. The van der Waals surface area contributed by atoms with E-state index in [9.17, 15) is 13.6 Å². The van der Waals surface area contributed by atoms with Crippen molar-refractivity contribution in [1.82, 2.24) is 0 Å². The average Bonchev–Trinajstić information content (AvgIpc) is 2.42. The monoisotopic (exact) mass is 296 g/mol. The summed E-state index contributed by atoms with van der Waals surface area (Å²) in [7, 11) is 1.35. The van der Waals surface area contributed by atoms with E-state index < -0.39 is 17.4 Å². The summed E-state index contributed by atoms with van der Waals surface area (Å²) in [6, 6.07) is 8.38. The lowest BCUT2D eigenvalue weighted by Gasteiger charge is -2.06. The molecule has 2 aromatic rings. The van der Waals surface area contributed by atoms with Crippen molar-refractivity contribution in [2.75, 3.05) is 7.11 Å². The van der Waals surface area contributed by atoms with Crippen LogP contribution in [0.25, 0.3) is 0 Å². The Morgan fingerprint density at radius 1 is 1.25 bits per heavy atom. The van der Waals surface area contributed by atoms with Crippen LogP contribution in [0.15, 0.2) is 36.4 Å². The third-order valence-electron chi connectivity index (χ3n) is 2.83. The predicted octanol–water partition coefficient (Wildman–Crippen LogP) is 4.05. The van der Waals surface area contributed by atoms with E-state index in [0.717, 1.165) is 0 Å². The molecule has 0 aliphatic carbocycles. The van der Waals surface area contributed by atoms with Crippen LogP contribution >= 0.6 is 11.6 Å². The zero-order chi connectivity index (χ0) is 14.7. The van der Waals surface area contributed by atoms with Crippen molar-refractivity contribution in [3.8, 4) is 5.75 Å². The molecule has 0 aromatic heterocycles. The Morgan fingerprint density at radius 3 is 2.65 bits per heavy atom. The van der Waals surface area contributed by atoms with Gasteiger partial charge in [-0.1, -0.05) is 23.7 Å². The van der Waals surface area contributed by atoms with Crippen molar-refractivity contribution in [3.63, 3.8) is 0 Å². The Hall–Kier alpha value is -1.94. The lowest BCUT2D eigenvalue weighted by molar-refractivity contribution is 0.0989. The van der Waals surface area contributed by atoms with Gasteiger partial charge >= 0.3 is 0 Å². The molecule has 0 aliphatic rings. The fourth-order valence-electron chi connectivity index (χ4n) is 1.82. The largest absolute Gasteiger partial charge is 0.494 e. The zero-order valence-corrected chi connectivity index (χ0v) is 11.4. The van der Waals surface area contributed by atoms with Crippen LogP contribution in [0.2, 0.25) is 5.02 Å². The van der Waals surface area contributed by atoms with Gasteiger partial charge in [0, 0.05) is 6.42 Å². The Kier molecular flexibility index (Phi) is 4.35. The van der Waals surface area contributed by atoms with Gasteiger partial charge < -0.3 is 4.74 Å². The first-order valence-electron chi connectivity index (χ1n) is 5.82. The van der Waals surface area contributed by atoms with Crippen molar-refractivity contribution in [2.24, 2.45) is 0 Å². The van der Waals surface area contributed by atoms with Gasteiger partial charge in [0.25, 0.3) is 0 Å². The first kappa shape index (κ1) is 14.5. The lowest BCUT2D eigenvalue weighted by atomic mass is 10.0. The topological polar surface area (TPSA) is 26.3 Å².